The minimum atomic E-state index is -0.519. The maximum absolute atomic E-state index is 13.3. The Morgan fingerprint density at radius 2 is 1.79 bits per heavy atom. The number of hydrogen-bond acceptors (Lipinski definition) is 4. The summed E-state index contributed by atoms with van der Waals surface area (Å²) in [6.45, 7) is 2.29. The summed E-state index contributed by atoms with van der Waals surface area (Å²) in [7, 11) is 0. The fraction of sp³-hybridized carbons (Fsp3) is 0.192. The van der Waals surface area contributed by atoms with Gasteiger partial charge in [0, 0.05) is 35.8 Å². The highest BCUT2D eigenvalue weighted by Gasteiger charge is 2.22. The van der Waals surface area contributed by atoms with Gasteiger partial charge in [0.05, 0.1) is 17.0 Å². The van der Waals surface area contributed by atoms with E-state index >= 15 is 0 Å². The van der Waals surface area contributed by atoms with Crippen molar-refractivity contribution in [2.24, 2.45) is 0 Å². The lowest BCUT2D eigenvalue weighted by molar-refractivity contribution is -0.384. The van der Waals surface area contributed by atoms with Crippen molar-refractivity contribution in [1.82, 2.24) is 15.6 Å². The zero-order valence-corrected chi connectivity index (χ0v) is 18.3. The molecule has 4 aromatic rings. The molecule has 2 unspecified atom stereocenters. The number of rotatable bonds is 9. The summed E-state index contributed by atoms with van der Waals surface area (Å²) in [6, 6.07) is 23.6. The highest BCUT2D eigenvalue weighted by Crippen LogP contribution is 2.20. The van der Waals surface area contributed by atoms with Crippen LogP contribution in [0.25, 0.3) is 10.9 Å². The number of nitrogens with one attached hydrogen (secondary N) is 3. The van der Waals surface area contributed by atoms with Crippen LogP contribution in [-0.2, 0) is 17.8 Å². The van der Waals surface area contributed by atoms with Crippen LogP contribution < -0.4 is 10.6 Å². The molecule has 0 bridgehead atoms. The number of carbonyl (C=O) groups is 1. The molecule has 0 fully saturated rings. The molecule has 7 heteroatoms. The molecule has 0 aliphatic heterocycles. The summed E-state index contributed by atoms with van der Waals surface area (Å²) in [5.41, 5.74) is 3.85. The number of hydrogen-bond donors (Lipinski definition) is 3. The standard InChI is InChI=1S/C26H26N4O3/c1-18(20-9-3-2-4-10-20)29-26(31)25(15-21-17-28-24-13-6-5-12-23(21)24)27-16-19-8-7-11-22(14-19)30(32)33/h2-14,17-18,25,27-28H,15-16H2,1H3,(H,29,31). The Morgan fingerprint density at radius 1 is 1.03 bits per heavy atom. The third-order valence-corrected chi connectivity index (χ3v) is 5.75. The van der Waals surface area contributed by atoms with Crippen LogP contribution in [-0.4, -0.2) is 21.9 Å². The van der Waals surface area contributed by atoms with Gasteiger partial charge in [-0.15, -0.1) is 0 Å². The van der Waals surface area contributed by atoms with Gasteiger partial charge in [-0.05, 0) is 36.1 Å². The molecule has 168 valence electrons. The van der Waals surface area contributed by atoms with Crippen molar-refractivity contribution in [2.75, 3.05) is 0 Å². The third kappa shape index (κ3) is 5.45. The van der Waals surface area contributed by atoms with Crippen LogP contribution in [0.5, 0.6) is 0 Å². The smallest absolute Gasteiger partial charge is 0.269 e. The van der Waals surface area contributed by atoms with Gasteiger partial charge in [0.25, 0.3) is 5.69 Å². The van der Waals surface area contributed by atoms with E-state index in [0.717, 1.165) is 27.6 Å². The van der Waals surface area contributed by atoms with Gasteiger partial charge in [-0.2, -0.15) is 0 Å². The van der Waals surface area contributed by atoms with E-state index in [1.54, 1.807) is 6.07 Å². The Kier molecular flexibility index (Phi) is 6.80. The molecule has 0 saturated carbocycles. The molecular weight excluding hydrogens is 416 g/mol. The predicted octanol–water partition coefficient (Wildman–Crippen LogP) is 4.65. The lowest BCUT2D eigenvalue weighted by atomic mass is 10.0. The second-order valence-electron chi connectivity index (χ2n) is 8.07. The first-order valence-electron chi connectivity index (χ1n) is 10.9. The molecule has 7 nitrogen and oxygen atoms in total. The first-order valence-corrected chi connectivity index (χ1v) is 10.9. The summed E-state index contributed by atoms with van der Waals surface area (Å²) in [5.74, 6) is -0.123. The summed E-state index contributed by atoms with van der Waals surface area (Å²) >= 11 is 0. The van der Waals surface area contributed by atoms with E-state index in [1.165, 1.54) is 12.1 Å². The van der Waals surface area contributed by atoms with Crippen LogP contribution in [0.2, 0.25) is 0 Å². The molecule has 0 radical (unpaired) electrons. The van der Waals surface area contributed by atoms with Gasteiger partial charge in [0.2, 0.25) is 5.91 Å². The van der Waals surface area contributed by atoms with E-state index in [0.29, 0.717) is 13.0 Å². The first-order chi connectivity index (χ1) is 16.0. The van der Waals surface area contributed by atoms with Crippen LogP contribution in [0.4, 0.5) is 5.69 Å². The van der Waals surface area contributed by atoms with Crippen molar-refractivity contribution in [3.63, 3.8) is 0 Å². The molecule has 1 amide bonds. The Balaban J connectivity index is 1.54. The van der Waals surface area contributed by atoms with Crippen molar-refractivity contribution in [1.29, 1.82) is 0 Å². The molecule has 0 aliphatic carbocycles. The van der Waals surface area contributed by atoms with Crippen LogP contribution in [0.15, 0.2) is 85.1 Å². The molecule has 1 aromatic heterocycles. The van der Waals surface area contributed by atoms with E-state index < -0.39 is 11.0 Å². The number of nitrogens with zero attached hydrogens (tertiary/aromatic N) is 1. The Hall–Kier alpha value is -3.97. The normalized spacial score (nSPS) is 12.9. The van der Waals surface area contributed by atoms with E-state index in [9.17, 15) is 14.9 Å². The maximum Gasteiger partial charge on any atom is 0.269 e. The number of fused-ring (bicyclic) bond motifs is 1. The number of benzene rings is 3. The van der Waals surface area contributed by atoms with Gasteiger partial charge in [-0.1, -0.05) is 60.7 Å². The minimum absolute atomic E-state index is 0.0321. The molecule has 3 N–H and O–H groups in total. The highest BCUT2D eigenvalue weighted by atomic mass is 16.6. The number of nitro benzene ring substituents is 1. The predicted molar refractivity (Wildman–Crippen MR) is 129 cm³/mol. The summed E-state index contributed by atoms with van der Waals surface area (Å²) in [5, 5.41) is 18.6. The molecule has 0 spiro atoms. The number of aromatic amines is 1. The van der Waals surface area contributed by atoms with Crippen molar-refractivity contribution in [2.45, 2.75) is 32.0 Å². The fourth-order valence-corrected chi connectivity index (χ4v) is 3.94. The van der Waals surface area contributed by atoms with Crippen LogP contribution in [0, 0.1) is 10.1 Å². The van der Waals surface area contributed by atoms with E-state index in [4.69, 9.17) is 0 Å². The summed E-state index contributed by atoms with van der Waals surface area (Å²) in [6.07, 6.45) is 2.41. The quantitative estimate of drug-likeness (QED) is 0.259. The van der Waals surface area contributed by atoms with E-state index in [2.05, 4.69) is 15.6 Å². The average Bonchev–Trinajstić information content (AvgIpc) is 3.25. The monoisotopic (exact) mass is 442 g/mol. The number of nitro groups is 1. The number of amides is 1. The van der Waals surface area contributed by atoms with Crippen molar-refractivity contribution < 1.29 is 9.72 Å². The summed E-state index contributed by atoms with van der Waals surface area (Å²) in [4.78, 5) is 27.2. The van der Waals surface area contributed by atoms with Gasteiger partial charge in [0.1, 0.15) is 0 Å². The molecule has 3 aromatic carbocycles. The van der Waals surface area contributed by atoms with Gasteiger partial charge >= 0.3 is 0 Å². The second kappa shape index (κ2) is 10.1. The number of aromatic nitrogens is 1. The SMILES string of the molecule is CC(NC(=O)C(Cc1c[nH]c2ccccc12)NCc1cccc([N+](=O)[O-])c1)c1ccccc1. The molecule has 0 saturated heterocycles. The highest BCUT2D eigenvalue weighted by molar-refractivity contribution is 5.86. The zero-order valence-electron chi connectivity index (χ0n) is 18.3. The lowest BCUT2D eigenvalue weighted by Gasteiger charge is -2.22. The molecule has 1 heterocycles. The van der Waals surface area contributed by atoms with E-state index in [1.807, 2.05) is 73.8 Å². The van der Waals surface area contributed by atoms with Crippen LogP contribution in [0.3, 0.4) is 0 Å². The molecule has 0 aliphatic rings. The van der Waals surface area contributed by atoms with Crippen LogP contribution >= 0.6 is 0 Å². The third-order valence-electron chi connectivity index (χ3n) is 5.75. The van der Waals surface area contributed by atoms with Crippen molar-refractivity contribution in [3.8, 4) is 0 Å². The number of H-pyrrole nitrogens is 1. The maximum atomic E-state index is 13.3. The lowest BCUT2D eigenvalue weighted by Crippen LogP contribution is -2.46. The first kappa shape index (κ1) is 22.2. The number of para-hydroxylation sites is 1. The molecular formula is C26H26N4O3. The largest absolute Gasteiger partial charge is 0.361 e. The van der Waals surface area contributed by atoms with Gasteiger partial charge < -0.3 is 15.6 Å². The van der Waals surface area contributed by atoms with E-state index in [-0.39, 0.29) is 17.6 Å². The molecule has 2 atom stereocenters. The fourth-order valence-electron chi connectivity index (χ4n) is 3.94. The zero-order chi connectivity index (χ0) is 23.2. The second-order valence-corrected chi connectivity index (χ2v) is 8.07. The molecule has 33 heavy (non-hydrogen) atoms. The number of carbonyl (C=O) groups excluding carboxylic acids is 1. The van der Waals surface area contributed by atoms with Crippen molar-refractivity contribution >= 4 is 22.5 Å². The molecule has 4 rings (SSSR count). The summed E-state index contributed by atoms with van der Waals surface area (Å²) < 4.78 is 0. The van der Waals surface area contributed by atoms with Gasteiger partial charge in [-0.3, -0.25) is 14.9 Å². The topological polar surface area (TPSA) is 100 Å². The Morgan fingerprint density at radius 3 is 2.58 bits per heavy atom. The minimum Gasteiger partial charge on any atom is -0.361 e. The average molecular weight is 443 g/mol. The Bertz CT molecular complexity index is 1250. The Labute approximate surface area is 192 Å². The van der Waals surface area contributed by atoms with Gasteiger partial charge in [-0.25, -0.2) is 0 Å². The van der Waals surface area contributed by atoms with Crippen LogP contribution in [0.1, 0.15) is 29.7 Å². The van der Waals surface area contributed by atoms with Crippen molar-refractivity contribution in [3.05, 3.63) is 112 Å². The number of non-ortho nitro benzene ring substituents is 1. The van der Waals surface area contributed by atoms with Gasteiger partial charge in [0.15, 0.2) is 0 Å².